The van der Waals surface area contributed by atoms with Crippen LogP contribution in [0.15, 0.2) is 24.3 Å². The molecule has 0 heterocycles. The van der Waals surface area contributed by atoms with E-state index >= 15 is 0 Å². The first-order valence-corrected chi connectivity index (χ1v) is 6.80. The molecule has 0 amide bonds. The van der Waals surface area contributed by atoms with Gasteiger partial charge >= 0.3 is 5.97 Å². The number of rotatable bonds is 5. The normalized spacial score (nSPS) is 20.6. The molecule has 4 nitrogen and oxygen atoms in total. The zero-order chi connectivity index (χ0) is 14.8. The quantitative estimate of drug-likeness (QED) is 0.611. The summed E-state index contributed by atoms with van der Waals surface area (Å²) in [4.78, 5) is 36.2. The summed E-state index contributed by atoms with van der Waals surface area (Å²) in [6, 6.07) is 7.20. The first-order chi connectivity index (χ1) is 9.51. The number of esters is 1. The molecule has 1 atom stereocenters. The van der Waals surface area contributed by atoms with Crippen molar-refractivity contribution in [1.29, 1.82) is 0 Å². The number of carbonyl (C=O) groups excluding carboxylic acids is 3. The van der Waals surface area contributed by atoms with Crippen molar-refractivity contribution >= 4 is 17.5 Å². The van der Waals surface area contributed by atoms with Gasteiger partial charge in [-0.25, -0.2) is 0 Å². The lowest BCUT2D eigenvalue weighted by molar-refractivity contribution is -0.152. The Labute approximate surface area is 118 Å². The molecule has 4 heteroatoms. The van der Waals surface area contributed by atoms with Gasteiger partial charge in [-0.3, -0.25) is 9.59 Å². The van der Waals surface area contributed by atoms with Crippen molar-refractivity contribution in [3.05, 3.63) is 35.4 Å². The van der Waals surface area contributed by atoms with Gasteiger partial charge in [0.25, 0.3) is 0 Å². The van der Waals surface area contributed by atoms with Crippen LogP contribution in [0, 0.1) is 5.41 Å². The van der Waals surface area contributed by atoms with Crippen molar-refractivity contribution in [2.24, 2.45) is 5.41 Å². The standard InChI is InChI=1S/C16H18O4/c1-3-20-15(19)16(9-8-11(2)17)10-12-6-4-5-7-13(12)14(16)18/h4-7H,3,8-10H2,1-2H3. The van der Waals surface area contributed by atoms with Gasteiger partial charge in [-0.2, -0.15) is 0 Å². The number of hydrogen-bond donors (Lipinski definition) is 0. The maximum Gasteiger partial charge on any atom is 0.320 e. The Hall–Kier alpha value is -1.97. The van der Waals surface area contributed by atoms with Gasteiger partial charge in [-0.15, -0.1) is 0 Å². The van der Waals surface area contributed by atoms with E-state index < -0.39 is 11.4 Å². The Balaban J connectivity index is 2.37. The first-order valence-electron chi connectivity index (χ1n) is 6.80. The Morgan fingerprint density at radius 1 is 1.30 bits per heavy atom. The molecule has 106 valence electrons. The Kier molecular flexibility index (Phi) is 4.02. The highest BCUT2D eigenvalue weighted by molar-refractivity contribution is 6.16. The molecule has 0 N–H and O–H groups in total. The summed E-state index contributed by atoms with van der Waals surface area (Å²) in [7, 11) is 0. The third-order valence-corrected chi connectivity index (χ3v) is 3.76. The first kappa shape index (κ1) is 14.4. The molecule has 0 bridgehead atoms. The highest BCUT2D eigenvalue weighted by Crippen LogP contribution is 2.41. The second-order valence-electron chi connectivity index (χ2n) is 5.17. The number of fused-ring (bicyclic) bond motifs is 1. The average molecular weight is 274 g/mol. The molecule has 1 aliphatic rings. The largest absolute Gasteiger partial charge is 0.465 e. The number of benzene rings is 1. The number of Topliss-reactive ketones (excluding diaryl/α,β-unsaturated/α-hetero) is 2. The predicted molar refractivity (Wildman–Crippen MR) is 73.5 cm³/mol. The zero-order valence-corrected chi connectivity index (χ0v) is 11.8. The van der Waals surface area contributed by atoms with Gasteiger partial charge in [-0.1, -0.05) is 24.3 Å². The second kappa shape index (κ2) is 5.57. The summed E-state index contributed by atoms with van der Waals surface area (Å²) >= 11 is 0. The summed E-state index contributed by atoms with van der Waals surface area (Å²) in [5, 5.41) is 0. The minimum absolute atomic E-state index is 0.0302. The van der Waals surface area contributed by atoms with E-state index in [1.54, 1.807) is 19.1 Å². The minimum atomic E-state index is -1.22. The van der Waals surface area contributed by atoms with Crippen LogP contribution < -0.4 is 0 Å². The van der Waals surface area contributed by atoms with Gasteiger partial charge in [-0.05, 0) is 32.3 Å². The lowest BCUT2D eigenvalue weighted by Crippen LogP contribution is -2.39. The lowest BCUT2D eigenvalue weighted by Gasteiger charge is -2.24. The van der Waals surface area contributed by atoms with Crippen molar-refractivity contribution in [1.82, 2.24) is 0 Å². The van der Waals surface area contributed by atoms with E-state index in [4.69, 9.17) is 4.74 Å². The molecule has 0 aromatic heterocycles. The van der Waals surface area contributed by atoms with Crippen LogP contribution >= 0.6 is 0 Å². The van der Waals surface area contributed by atoms with Crippen molar-refractivity contribution in [2.45, 2.75) is 33.1 Å². The molecule has 0 saturated heterocycles. The van der Waals surface area contributed by atoms with Crippen LogP contribution in [0.3, 0.4) is 0 Å². The SMILES string of the molecule is CCOC(=O)C1(CCC(C)=O)Cc2ccccc2C1=O. The van der Waals surface area contributed by atoms with Gasteiger partial charge < -0.3 is 9.53 Å². The monoisotopic (exact) mass is 274 g/mol. The molecule has 1 aromatic carbocycles. The van der Waals surface area contributed by atoms with Gasteiger partial charge in [0.05, 0.1) is 6.61 Å². The fourth-order valence-corrected chi connectivity index (χ4v) is 2.69. The molecular formula is C16H18O4. The molecular weight excluding hydrogens is 256 g/mol. The molecule has 1 aromatic rings. The van der Waals surface area contributed by atoms with Crippen LogP contribution in [0.2, 0.25) is 0 Å². The molecule has 0 radical (unpaired) electrons. The highest BCUT2D eigenvalue weighted by Gasteiger charge is 2.52. The molecule has 0 saturated carbocycles. The van der Waals surface area contributed by atoms with Crippen molar-refractivity contribution in [3.8, 4) is 0 Å². The second-order valence-corrected chi connectivity index (χ2v) is 5.17. The summed E-state index contributed by atoms with van der Waals surface area (Å²) in [6.07, 6.45) is 0.751. The van der Waals surface area contributed by atoms with E-state index in [0.717, 1.165) is 5.56 Å². The lowest BCUT2D eigenvalue weighted by atomic mass is 9.79. The van der Waals surface area contributed by atoms with Crippen LogP contribution in [0.25, 0.3) is 0 Å². The molecule has 1 aliphatic carbocycles. The molecule has 1 unspecified atom stereocenters. The summed E-state index contributed by atoms with van der Waals surface area (Å²) < 4.78 is 5.09. The number of hydrogen-bond acceptors (Lipinski definition) is 4. The third-order valence-electron chi connectivity index (χ3n) is 3.76. The van der Waals surface area contributed by atoms with Gasteiger partial charge in [0.1, 0.15) is 11.2 Å². The van der Waals surface area contributed by atoms with Crippen LogP contribution in [0.1, 0.15) is 42.6 Å². The Morgan fingerprint density at radius 2 is 2.00 bits per heavy atom. The Bertz CT molecular complexity index is 561. The van der Waals surface area contributed by atoms with Gasteiger partial charge in [0, 0.05) is 12.0 Å². The van der Waals surface area contributed by atoms with Crippen LogP contribution in [-0.2, 0) is 20.7 Å². The maximum atomic E-state index is 12.6. The van der Waals surface area contributed by atoms with E-state index in [-0.39, 0.29) is 31.0 Å². The Morgan fingerprint density at radius 3 is 2.60 bits per heavy atom. The summed E-state index contributed by atoms with van der Waals surface area (Å²) in [5.74, 6) is -0.757. The fraction of sp³-hybridized carbons (Fsp3) is 0.438. The number of carbonyl (C=O) groups is 3. The minimum Gasteiger partial charge on any atom is -0.465 e. The highest BCUT2D eigenvalue weighted by atomic mass is 16.5. The molecule has 20 heavy (non-hydrogen) atoms. The molecule has 0 aliphatic heterocycles. The van der Waals surface area contributed by atoms with E-state index in [2.05, 4.69) is 0 Å². The number of ketones is 2. The predicted octanol–water partition coefficient (Wildman–Crippen LogP) is 2.34. The zero-order valence-electron chi connectivity index (χ0n) is 11.8. The van der Waals surface area contributed by atoms with Crippen molar-refractivity contribution < 1.29 is 19.1 Å². The van der Waals surface area contributed by atoms with E-state index in [0.29, 0.717) is 12.0 Å². The van der Waals surface area contributed by atoms with Gasteiger partial charge in [0.15, 0.2) is 5.78 Å². The van der Waals surface area contributed by atoms with E-state index in [9.17, 15) is 14.4 Å². The van der Waals surface area contributed by atoms with E-state index in [1.165, 1.54) is 6.92 Å². The van der Waals surface area contributed by atoms with E-state index in [1.807, 2.05) is 12.1 Å². The molecule has 0 fully saturated rings. The van der Waals surface area contributed by atoms with Crippen molar-refractivity contribution in [3.63, 3.8) is 0 Å². The summed E-state index contributed by atoms with van der Waals surface area (Å²) in [5.41, 5.74) is 0.212. The van der Waals surface area contributed by atoms with Crippen LogP contribution in [-0.4, -0.2) is 24.1 Å². The maximum absolute atomic E-state index is 12.6. The van der Waals surface area contributed by atoms with Crippen LogP contribution in [0.4, 0.5) is 0 Å². The molecule has 0 spiro atoms. The number of ether oxygens (including phenoxy) is 1. The van der Waals surface area contributed by atoms with Gasteiger partial charge in [0.2, 0.25) is 0 Å². The topological polar surface area (TPSA) is 60.4 Å². The smallest absolute Gasteiger partial charge is 0.320 e. The van der Waals surface area contributed by atoms with Crippen molar-refractivity contribution in [2.75, 3.05) is 6.61 Å². The molecule has 2 rings (SSSR count). The average Bonchev–Trinajstić information content (AvgIpc) is 2.71. The summed E-state index contributed by atoms with van der Waals surface area (Å²) in [6.45, 7) is 3.40. The van der Waals surface area contributed by atoms with Crippen LogP contribution in [0.5, 0.6) is 0 Å². The third kappa shape index (κ3) is 2.38. The fourth-order valence-electron chi connectivity index (χ4n) is 2.69.